The van der Waals surface area contributed by atoms with Crippen molar-refractivity contribution >= 4 is 17.0 Å². The number of aromatic nitrogens is 2. The number of halogens is 3. The normalized spacial score (nSPS) is 15.3. The van der Waals surface area contributed by atoms with Gasteiger partial charge in [-0.3, -0.25) is 0 Å². The molecule has 6 heteroatoms. The average molecular weight is 299 g/mol. The van der Waals surface area contributed by atoms with Gasteiger partial charge in [-0.05, 0) is 37.5 Å². The van der Waals surface area contributed by atoms with Crippen LogP contribution >= 0.6 is 0 Å². The Morgan fingerprint density at radius 3 is 2.52 bits per heavy atom. The fourth-order valence-corrected chi connectivity index (χ4v) is 2.61. The minimum Gasteiger partial charge on any atom is -0.369 e. The van der Waals surface area contributed by atoms with Crippen LogP contribution in [-0.2, 0) is 6.18 Å². The molecule has 2 rings (SSSR count). The van der Waals surface area contributed by atoms with E-state index in [0.29, 0.717) is 17.0 Å². The van der Waals surface area contributed by atoms with E-state index in [-0.39, 0.29) is 12.0 Å². The molecule has 21 heavy (non-hydrogen) atoms. The number of imidazole rings is 1. The SMILES string of the molecule is CCC(C)CC(C)n1c(N)nc2cc(C(F)(F)F)ccc21. The van der Waals surface area contributed by atoms with Crippen molar-refractivity contribution in [1.82, 2.24) is 9.55 Å². The molecule has 0 amide bonds. The third kappa shape index (κ3) is 3.14. The van der Waals surface area contributed by atoms with Gasteiger partial charge in [0, 0.05) is 6.04 Å². The van der Waals surface area contributed by atoms with Gasteiger partial charge in [0.1, 0.15) is 0 Å². The zero-order valence-electron chi connectivity index (χ0n) is 12.4. The maximum atomic E-state index is 12.7. The number of rotatable bonds is 4. The first-order valence-electron chi connectivity index (χ1n) is 7.08. The molecule has 0 saturated carbocycles. The lowest BCUT2D eigenvalue weighted by atomic mass is 10.00. The standard InChI is InChI=1S/C15H20F3N3/c1-4-9(2)7-10(3)21-13-6-5-11(15(16,17)18)8-12(13)20-14(21)19/h5-6,8-10H,4,7H2,1-3H3,(H2,19,20). The largest absolute Gasteiger partial charge is 0.416 e. The predicted octanol–water partition coefficient (Wildman–Crippen LogP) is 4.63. The van der Waals surface area contributed by atoms with E-state index in [1.165, 1.54) is 6.07 Å². The predicted molar refractivity (Wildman–Crippen MR) is 77.9 cm³/mol. The van der Waals surface area contributed by atoms with Crippen molar-refractivity contribution in [3.8, 4) is 0 Å². The van der Waals surface area contributed by atoms with Crippen LogP contribution in [0, 0.1) is 5.92 Å². The number of hydrogen-bond donors (Lipinski definition) is 1. The molecule has 0 radical (unpaired) electrons. The molecule has 2 N–H and O–H groups in total. The first-order valence-corrected chi connectivity index (χ1v) is 7.08. The molecule has 3 nitrogen and oxygen atoms in total. The number of anilines is 1. The van der Waals surface area contributed by atoms with E-state index in [0.717, 1.165) is 25.0 Å². The Balaban J connectivity index is 2.44. The summed E-state index contributed by atoms with van der Waals surface area (Å²) in [7, 11) is 0. The summed E-state index contributed by atoms with van der Waals surface area (Å²) >= 11 is 0. The number of nitrogens with zero attached hydrogens (tertiary/aromatic N) is 2. The van der Waals surface area contributed by atoms with Crippen LogP contribution in [0.4, 0.5) is 19.1 Å². The monoisotopic (exact) mass is 299 g/mol. The third-order valence-corrected chi connectivity index (χ3v) is 3.93. The van der Waals surface area contributed by atoms with Gasteiger partial charge >= 0.3 is 6.18 Å². The van der Waals surface area contributed by atoms with Crippen molar-refractivity contribution < 1.29 is 13.2 Å². The maximum Gasteiger partial charge on any atom is 0.416 e. The Kier molecular flexibility index (Phi) is 4.16. The summed E-state index contributed by atoms with van der Waals surface area (Å²) in [4.78, 5) is 4.08. The number of nitrogens with two attached hydrogens (primary N) is 1. The summed E-state index contributed by atoms with van der Waals surface area (Å²) < 4.78 is 40.0. The van der Waals surface area contributed by atoms with Gasteiger partial charge in [0.05, 0.1) is 16.6 Å². The average Bonchev–Trinajstić information content (AvgIpc) is 2.72. The van der Waals surface area contributed by atoms with E-state index in [1.54, 1.807) is 0 Å². The Labute approximate surface area is 122 Å². The van der Waals surface area contributed by atoms with Gasteiger partial charge in [0.2, 0.25) is 5.95 Å². The summed E-state index contributed by atoms with van der Waals surface area (Å²) in [6.45, 7) is 6.28. The molecule has 0 saturated heterocycles. The van der Waals surface area contributed by atoms with Crippen LogP contribution in [0.25, 0.3) is 11.0 Å². The van der Waals surface area contributed by atoms with Crippen molar-refractivity contribution in [2.45, 2.75) is 45.8 Å². The van der Waals surface area contributed by atoms with Crippen LogP contribution in [0.5, 0.6) is 0 Å². The van der Waals surface area contributed by atoms with Crippen molar-refractivity contribution in [3.63, 3.8) is 0 Å². The second-order valence-corrected chi connectivity index (χ2v) is 5.64. The molecule has 1 heterocycles. The lowest BCUT2D eigenvalue weighted by Crippen LogP contribution is -2.12. The second kappa shape index (κ2) is 5.58. The first kappa shape index (κ1) is 15.7. The summed E-state index contributed by atoms with van der Waals surface area (Å²) in [5.41, 5.74) is 6.14. The maximum absolute atomic E-state index is 12.7. The number of nitrogen functional groups attached to an aromatic ring is 1. The summed E-state index contributed by atoms with van der Waals surface area (Å²) in [6, 6.07) is 3.68. The van der Waals surface area contributed by atoms with E-state index in [9.17, 15) is 13.2 Å². The lowest BCUT2D eigenvalue weighted by molar-refractivity contribution is -0.137. The Hall–Kier alpha value is -1.72. The van der Waals surface area contributed by atoms with E-state index in [2.05, 4.69) is 18.8 Å². The molecule has 0 spiro atoms. The molecule has 0 bridgehead atoms. The van der Waals surface area contributed by atoms with Crippen LogP contribution in [0.2, 0.25) is 0 Å². The van der Waals surface area contributed by atoms with Crippen molar-refractivity contribution in [3.05, 3.63) is 23.8 Å². The van der Waals surface area contributed by atoms with Gasteiger partial charge in [0.15, 0.2) is 0 Å². The number of benzene rings is 1. The fourth-order valence-electron chi connectivity index (χ4n) is 2.61. The number of hydrogen-bond acceptors (Lipinski definition) is 2. The molecule has 0 aliphatic carbocycles. The molecule has 116 valence electrons. The highest BCUT2D eigenvalue weighted by Gasteiger charge is 2.31. The van der Waals surface area contributed by atoms with Crippen molar-refractivity contribution in [2.75, 3.05) is 5.73 Å². The highest BCUT2D eigenvalue weighted by molar-refractivity contribution is 5.79. The van der Waals surface area contributed by atoms with Crippen molar-refractivity contribution in [2.24, 2.45) is 5.92 Å². The van der Waals surface area contributed by atoms with Gasteiger partial charge in [-0.15, -0.1) is 0 Å². The lowest BCUT2D eigenvalue weighted by Gasteiger charge is -2.19. The molecule has 2 atom stereocenters. The molecular formula is C15H20F3N3. The van der Waals surface area contributed by atoms with E-state index in [4.69, 9.17) is 5.73 Å². The van der Waals surface area contributed by atoms with Crippen LogP contribution < -0.4 is 5.73 Å². The third-order valence-electron chi connectivity index (χ3n) is 3.93. The summed E-state index contributed by atoms with van der Waals surface area (Å²) in [5.74, 6) is 0.784. The van der Waals surface area contributed by atoms with E-state index < -0.39 is 11.7 Å². The minimum atomic E-state index is -4.37. The quantitative estimate of drug-likeness (QED) is 0.894. The number of alkyl halides is 3. The van der Waals surface area contributed by atoms with Gasteiger partial charge in [0.25, 0.3) is 0 Å². The highest BCUT2D eigenvalue weighted by Crippen LogP contribution is 2.33. The molecule has 1 aromatic heterocycles. The Morgan fingerprint density at radius 1 is 1.29 bits per heavy atom. The van der Waals surface area contributed by atoms with Gasteiger partial charge in [-0.25, -0.2) is 4.98 Å². The summed E-state index contributed by atoms with van der Waals surface area (Å²) in [6.07, 6.45) is -2.41. The van der Waals surface area contributed by atoms with Crippen molar-refractivity contribution in [1.29, 1.82) is 0 Å². The molecule has 0 aliphatic heterocycles. The van der Waals surface area contributed by atoms with Gasteiger partial charge in [-0.1, -0.05) is 20.3 Å². The Bertz CT molecular complexity index is 631. The molecular weight excluding hydrogens is 279 g/mol. The van der Waals surface area contributed by atoms with Gasteiger partial charge < -0.3 is 10.3 Å². The fraction of sp³-hybridized carbons (Fsp3) is 0.533. The molecule has 2 unspecified atom stereocenters. The van der Waals surface area contributed by atoms with Crippen LogP contribution in [0.3, 0.4) is 0 Å². The summed E-state index contributed by atoms with van der Waals surface area (Å²) in [5, 5.41) is 0. The second-order valence-electron chi connectivity index (χ2n) is 5.64. The molecule has 0 fully saturated rings. The smallest absolute Gasteiger partial charge is 0.369 e. The minimum absolute atomic E-state index is 0.0988. The first-order chi connectivity index (χ1) is 9.74. The molecule has 0 aliphatic rings. The number of fused-ring (bicyclic) bond motifs is 1. The van der Waals surface area contributed by atoms with E-state index in [1.807, 2.05) is 11.5 Å². The van der Waals surface area contributed by atoms with Crippen LogP contribution in [0.1, 0.15) is 45.2 Å². The molecule has 1 aromatic carbocycles. The molecule has 2 aromatic rings. The Morgan fingerprint density at radius 2 is 1.95 bits per heavy atom. The van der Waals surface area contributed by atoms with Gasteiger partial charge in [-0.2, -0.15) is 13.2 Å². The highest BCUT2D eigenvalue weighted by atomic mass is 19.4. The van der Waals surface area contributed by atoms with E-state index >= 15 is 0 Å². The zero-order chi connectivity index (χ0) is 15.8. The van der Waals surface area contributed by atoms with Crippen LogP contribution in [0.15, 0.2) is 18.2 Å². The zero-order valence-corrected chi connectivity index (χ0v) is 12.4. The van der Waals surface area contributed by atoms with Crippen LogP contribution in [-0.4, -0.2) is 9.55 Å². The topological polar surface area (TPSA) is 43.8 Å².